The highest BCUT2D eigenvalue weighted by molar-refractivity contribution is 6.32. The van der Waals surface area contributed by atoms with Crippen molar-refractivity contribution >= 4 is 11.6 Å². The summed E-state index contributed by atoms with van der Waals surface area (Å²) in [5.41, 5.74) is 2.65. The van der Waals surface area contributed by atoms with Crippen LogP contribution in [-0.4, -0.2) is 65.9 Å². The fraction of sp³-hybridized carbons (Fsp3) is 0.444. The minimum absolute atomic E-state index is 0.300. The number of para-hydroxylation sites is 2. The molecular weight excluding hydrogens is 466 g/mol. The van der Waals surface area contributed by atoms with Crippen molar-refractivity contribution in [3.05, 3.63) is 70.9 Å². The molecule has 0 unspecified atom stereocenters. The monoisotopic (exact) mass is 501 g/mol. The normalized spacial score (nSPS) is 12.3. The number of rotatable bonds is 15. The average Bonchev–Trinajstić information content (AvgIpc) is 3.17. The van der Waals surface area contributed by atoms with Gasteiger partial charge in [-0.05, 0) is 37.6 Å². The summed E-state index contributed by atoms with van der Waals surface area (Å²) in [6.45, 7) is 7.18. The van der Waals surface area contributed by atoms with E-state index in [2.05, 4.69) is 11.8 Å². The third-order valence-electron chi connectivity index (χ3n) is 5.60. The number of nitrogens with zero attached hydrogens (tertiary/aromatic N) is 3. The molecule has 8 heteroatoms. The Balaban J connectivity index is 1.88. The van der Waals surface area contributed by atoms with Crippen LogP contribution in [0.15, 0.2) is 54.6 Å². The van der Waals surface area contributed by atoms with E-state index >= 15 is 0 Å². The average molecular weight is 502 g/mol. The van der Waals surface area contributed by atoms with E-state index < -0.39 is 6.10 Å². The smallest absolute Gasteiger partial charge is 0.227 e. The minimum atomic E-state index is -0.610. The molecule has 35 heavy (non-hydrogen) atoms. The number of ether oxygens (including phenoxy) is 3. The van der Waals surface area contributed by atoms with Crippen LogP contribution in [0.4, 0.5) is 0 Å². The molecule has 0 amide bonds. The highest BCUT2D eigenvalue weighted by Gasteiger charge is 2.23. The molecule has 3 rings (SSSR count). The number of aliphatic hydroxyl groups is 1. The van der Waals surface area contributed by atoms with Crippen molar-refractivity contribution in [3.8, 4) is 17.3 Å². The van der Waals surface area contributed by atoms with Crippen LogP contribution in [-0.2, 0) is 16.0 Å². The number of hydrogen-bond donors (Lipinski definition) is 1. The number of aryl methyl sites for hydroxylation is 1. The van der Waals surface area contributed by atoms with Gasteiger partial charge in [0.25, 0.3) is 0 Å². The second-order valence-corrected chi connectivity index (χ2v) is 8.87. The topological polar surface area (TPSA) is 69.0 Å². The molecule has 0 aliphatic heterocycles. The van der Waals surface area contributed by atoms with Crippen LogP contribution >= 0.6 is 11.6 Å². The maximum absolute atomic E-state index is 10.6. The maximum atomic E-state index is 10.6. The van der Waals surface area contributed by atoms with Gasteiger partial charge in [-0.15, -0.1) is 0 Å². The fourth-order valence-electron chi connectivity index (χ4n) is 3.70. The van der Waals surface area contributed by atoms with Crippen molar-refractivity contribution in [1.82, 2.24) is 14.7 Å². The molecule has 0 bridgehead atoms. The molecule has 0 fully saturated rings. The molecule has 0 saturated heterocycles. The summed E-state index contributed by atoms with van der Waals surface area (Å²) in [4.78, 5) is 2.14. The number of benzene rings is 2. The van der Waals surface area contributed by atoms with Gasteiger partial charge in [-0.2, -0.15) is 5.10 Å². The van der Waals surface area contributed by atoms with Crippen LogP contribution in [0.5, 0.6) is 11.6 Å². The lowest BCUT2D eigenvalue weighted by Crippen LogP contribution is -2.36. The van der Waals surface area contributed by atoms with Crippen LogP contribution in [0.2, 0.25) is 5.02 Å². The largest absolute Gasteiger partial charge is 0.437 e. The summed E-state index contributed by atoms with van der Waals surface area (Å²) >= 11 is 6.42. The van der Waals surface area contributed by atoms with Crippen LogP contribution < -0.4 is 4.74 Å². The molecule has 0 aliphatic rings. The number of halogens is 1. The van der Waals surface area contributed by atoms with E-state index in [1.165, 1.54) is 0 Å². The molecule has 0 radical (unpaired) electrons. The molecule has 7 nitrogen and oxygen atoms in total. The molecule has 1 N–H and O–H groups in total. The second-order valence-electron chi connectivity index (χ2n) is 8.46. The quantitative estimate of drug-likeness (QED) is 0.287. The molecule has 190 valence electrons. The van der Waals surface area contributed by atoms with Crippen molar-refractivity contribution in [1.29, 1.82) is 0 Å². The Morgan fingerprint density at radius 3 is 2.54 bits per heavy atom. The van der Waals surface area contributed by atoms with Crippen molar-refractivity contribution in [3.63, 3.8) is 0 Å². The molecule has 2 aromatic carbocycles. The van der Waals surface area contributed by atoms with Gasteiger partial charge in [0.1, 0.15) is 5.75 Å². The molecule has 1 atom stereocenters. The van der Waals surface area contributed by atoms with Crippen molar-refractivity contribution in [2.24, 2.45) is 0 Å². The van der Waals surface area contributed by atoms with Gasteiger partial charge in [0, 0.05) is 33.4 Å². The third-order valence-corrected chi connectivity index (χ3v) is 5.91. The van der Waals surface area contributed by atoms with Gasteiger partial charge in [-0.1, -0.05) is 55.3 Å². The van der Waals surface area contributed by atoms with Crippen LogP contribution in [0.3, 0.4) is 0 Å². The molecule has 0 saturated carbocycles. The van der Waals surface area contributed by atoms with Crippen molar-refractivity contribution in [2.75, 3.05) is 40.0 Å². The lowest BCUT2D eigenvalue weighted by atomic mass is 10.2. The van der Waals surface area contributed by atoms with Crippen LogP contribution in [0, 0.1) is 6.92 Å². The zero-order valence-electron chi connectivity index (χ0n) is 20.8. The summed E-state index contributed by atoms with van der Waals surface area (Å²) in [6, 6.07) is 17.2. The minimum Gasteiger partial charge on any atom is -0.437 e. The summed E-state index contributed by atoms with van der Waals surface area (Å²) in [7, 11) is 1.67. The first-order valence-corrected chi connectivity index (χ1v) is 12.4. The maximum Gasteiger partial charge on any atom is 0.227 e. The van der Waals surface area contributed by atoms with E-state index in [1.807, 2.05) is 55.5 Å². The van der Waals surface area contributed by atoms with E-state index in [0.29, 0.717) is 56.1 Å². The van der Waals surface area contributed by atoms with Crippen molar-refractivity contribution in [2.45, 2.75) is 39.3 Å². The van der Waals surface area contributed by atoms with E-state index in [4.69, 9.17) is 30.9 Å². The molecule has 0 aliphatic carbocycles. The van der Waals surface area contributed by atoms with Gasteiger partial charge in [0.2, 0.25) is 5.88 Å². The van der Waals surface area contributed by atoms with Crippen molar-refractivity contribution < 1.29 is 19.3 Å². The SMILES string of the molecule is CCCCOC[C@@H](O)CN(CCOC)Cc1c(C)nn(-c2ccccc2)c1Oc1ccccc1Cl. The number of aromatic nitrogens is 2. The standard InChI is InChI=1S/C27H36ClN3O4/c1-4-5-16-34-20-23(32)18-30(15-17-33-3)19-24-21(2)29-31(22-11-7-6-8-12-22)27(24)35-26-14-10-9-13-25(26)28/h6-14,23,32H,4-5,15-20H2,1-3H3/t23-/m0/s1. The third kappa shape index (κ3) is 8.05. The Labute approximate surface area is 213 Å². The van der Waals surface area contributed by atoms with Gasteiger partial charge < -0.3 is 19.3 Å². The fourth-order valence-corrected chi connectivity index (χ4v) is 3.87. The molecule has 0 spiro atoms. The number of aliphatic hydroxyl groups excluding tert-OH is 1. The first kappa shape index (κ1) is 27.2. The summed E-state index contributed by atoms with van der Waals surface area (Å²) in [5.74, 6) is 1.15. The Morgan fingerprint density at radius 2 is 1.83 bits per heavy atom. The summed E-state index contributed by atoms with van der Waals surface area (Å²) < 4.78 is 19.1. The lowest BCUT2D eigenvalue weighted by Gasteiger charge is -2.25. The van der Waals surface area contributed by atoms with Crippen LogP contribution in [0.1, 0.15) is 31.0 Å². The number of unbranched alkanes of at least 4 members (excludes halogenated alkanes) is 1. The van der Waals surface area contributed by atoms with Crippen LogP contribution in [0.25, 0.3) is 5.69 Å². The van der Waals surface area contributed by atoms with Gasteiger partial charge in [0.05, 0.1) is 41.3 Å². The Hall–Kier alpha value is -2.42. The Morgan fingerprint density at radius 1 is 1.09 bits per heavy atom. The predicted molar refractivity (Wildman–Crippen MR) is 139 cm³/mol. The van der Waals surface area contributed by atoms with Gasteiger partial charge in [0.15, 0.2) is 0 Å². The number of hydrogen-bond acceptors (Lipinski definition) is 6. The highest BCUT2D eigenvalue weighted by Crippen LogP contribution is 2.34. The van der Waals surface area contributed by atoms with Gasteiger partial charge >= 0.3 is 0 Å². The molecule has 1 aromatic heterocycles. The number of methoxy groups -OCH3 is 1. The zero-order chi connectivity index (χ0) is 25.0. The van der Waals surface area contributed by atoms with Gasteiger partial charge in [-0.3, -0.25) is 4.90 Å². The van der Waals surface area contributed by atoms with Gasteiger partial charge in [-0.25, -0.2) is 4.68 Å². The molecule has 1 heterocycles. The molecule has 3 aromatic rings. The second kappa shape index (κ2) is 14.2. The Kier molecular flexibility index (Phi) is 11.0. The lowest BCUT2D eigenvalue weighted by molar-refractivity contribution is 0.0100. The van der Waals surface area contributed by atoms with E-state index in [0.717, 1.165) is 29.8 Å². The predicted octanol–water partition coefficient (Wildman–Crippen LogP) is 5.25. The highest BCUT2D eigenvalue weighted by atomic mass is 35.5. The summed E-state index contributed by atoms with van der Waals surface area (Å²) in [5, 5.41) is 15.9. The van der Waals surface area contributed by atoms with E-state index in [-0.39, 0.29) is 0 Å². The summed E-state index contributed by atoms with van der Waals surface area (Å²) in [6.07, 6.45) is 1.44. The van der Waals surface area contributed by atoms with E-state index in [9.17, 15) is 5.11 Å². The molecular formula is C27H36ClN3O4. The first-order valence-electron chi connectivity index (χ1n) is 12.1. The Bertz CT molecular complexity index is 1030. The first-order chi connectivity index (χ1) is 17.0. The van der Waals surface area contributed by atoms with E-state index in [1.54, 1.807) is 17.9 Å². The zero-order valence-corrected chi connectivity index (χ0v) is 21.6.